The maximum absolute atomic E-state index is 10.2. The summed E-state index contributed by atoms with van der Waals surface area (Å²) in [4.78, 5) is 8.72. The molecule has 0 radical (unpaired) electrons. The second-order valence-electron chi connectivity index (χ2n) is 4.14. The van der Waals surface area contributed by atoms with Crippen LogP contribution in [0.2, 0.25) is 0 Å². The number of imidazole rings is 1. The van der Waals surface area contributed by atoms with Gasteiger partial charge in [0.05, 0.1) is 11.7 Å². The van der Waals surface area contributed by atoms with Gasteiger partial charge in [0.15, 0.2) is 0 Å². The van der Waals surface area contributed by atoms with Crippen LogP contribution >= 0.6 is 11.6 Å². The molecule has 92 valence electrons. The molecule has 0 atom stereocenters. The van der Waals surface area contributed by atoms with Crippen LogP contribution in [0.5, 0.6) is 0 Å². The third kappa shape index (κ3) is 1.69. The van der Waals surface area contributed by atoms with Crippen molar-refractivity contribution in [2.45, 2.75) is 12.8 Å². The van der Waals surface area contributed by atoms with Gasteiger partial charge in [-0.1, -0.05) is 18.2 Å². The van der Waals surface area contributed by atoms with Crippen LogP contribution in [-0.2, 0) is 6.42 Å². The van der Waals surface area contributed by atoms with Gasteiger partial charge >= 0.3 is 0 Å². The lowest BCUT2D eigenvalue weighted by Crippen LogP contribution is -1.99. The molecule has 0 spiro atoms. The summed E-state index contributed by atoms with van der Waals surface area (Å²) < 4.78 is 1.16. The summed E-state index contributed by atoms with van der Waals surface area (Å²) in [5.41, 5.74) is 2.27. The first kappa shape index (κ1) is 11.3. The Labute approximate surface area is 109 Å². The number of rotatable bonds is 3. The van der Waals surface area contributed by atoms with Crippen LogP contribution in [0.1, 0.15) is 12.2 Å². The van der Waals surface area contributed by atoms with Crippen molar-refractivity contribution in [1.82, 2.24) is 14.7 Å². The topological polar surface area (TPSA) is 50.9 Å². The van der Waals surface area contributed by atoms with Crippen molar-refractivity contribution < 1.29 is 5.21 Å². The molecule has 18 heavy (non-hydrogen) atoms. The number of alkyl halides is 1. The quantitative estimate of drug-likeness (QED) is 0.582. The van der Waals surface area contributed by atoms with E-state index in [-0.39, 0.29) is 0 Å². The summed E-state index contributed by atoms with van der Waals surface area (Å²) in [6, 6.07) is 7.70. The lowest BCUT2D eigenvalue weighted by atomic mass is 10.2. The second-order valence-corrected chi connectivity index (χ2v) is 4.52. The van der Waals surface area contributed by atoms with Crippen LogP contribution < -0.4 is 0 Å². The minimum atomic E-state index is 0.558. The second kappa shape index (κ2) is 4.46. The van der Waals surface area contributed by atoms with Crippen molar-refractivity contribution in [3.63, 3.8) is 0 Å². The number of pyridine rings is 1. The Morgan fingerprint density at radius 2 is 2.06 bits per heavy atom. The number of benzene rings is 1. The molecular formula is C13H12ClN3O. The number of fused-ring (bicyclic) bond motifs is 3. The highest BCUT2D eigenvalue weighted by Gasteiger charge is 2.12. The number of hydrogen-bond donors (Lipinski definition) is 1. The summed E-state index contributed by atoms with van der Waals surface area (Å²) in [6.45, 7) is 0. The summed E-state index contributed by atoms with van der Waals surface area (Å²) in [6.07, 6.45) is 3.13. The van der Waals surface area contributed by atoms with E-state index in [2.05, 4.69) is 9.97 Å². The Balaban J connectivity index is 2.26. The van der Waals surface area contributed by atoms with E-state index in [1.54, 1.807) is 6.20 Å². The van der Waals surface area contributed by atoms with Gasteiger partial charge in [-0.3, -0.25) is 4.98 Å². The standard InChI is InChI=1S/C13H12ClN3O/c14-7-3-6-12-16-11-8-15-10-5-2-1-4-9(10)13(11)17(12)18/h1-2,4-5,8,18H,3,6-7H2. The highest BCUT2D eigenvalue weighted by molar-refractivity contribution is 6.17. The maximum atomic E-state index is 10.2. The Morgan fingerprint density at radius 1 is 1.22 bits per heavy atom. The molecular weight excluding hydrogens is 250 g/mol. The van der Waals surface area contributed by atoms with Crippen LogP contribution in [-0.4, -0.2) is 25.8 Å². The maximum Gasteiger partial charge on any atom is 0.146 e. The van der Waals surface area contributed by atoms with E-state index in [1.165, 1.54) is 0 Å². The molecule has 1 aromatic carbocycles. The third-order valence-electron chi connectivity index (χ3n) is 2.97. The largest absolute Gasteiger partial charge is 0.427 e. The smallest absolute Gasteiger partial charge is 0.146 e. The fourth-order valence-corrected chi connectivity index (χ4v) is 2.26. The fraction of sp³-hybridized carbons (Fsp3) is 0.231. The molecule has 3 rings (SSSR count). The van der Waals surface area contributed by atoms with Crippen LogP contribution in [0.15, 0.2) is 30.5 Å². The van der Waals surface area contributed by atoms with Gasteiger partial charge < -0.3 is 5.21 Å². The molecule has 0 fully saturated rings. The van der Waals surface area contributed by atoms with Crippen molar-refractivity contribution in [2.75, 3.05) is 5.88 Å². The van der Waals surface area contributed by atoms with E-state index in [1.807, 2.05) is 24.3 Å². The van der Waals surface area contributed by atoms with Gasteiger partial charge in [-0.05, 0) is 12.5 Å². The Hall–Kier alpha value is -1.81. The normalized spacial score (nSPS) is 11.4. The minimum Gasteiger partial charge on any atom is -0.427 e. The average molecular weight is 262 g/mol. The Morgan fingerprint density at radius 3 is 2.89 bits per heavy atom. The summed E-state index contributed by atoms with van der Waals surface area (Å²) in [7, 11) is 0. The fourth-order valence-electron chi connectivity index (χ4n) is 2.12. The molecule has 0 amide bonds. The number of hydrogen-bond acceptors (Lipinski definition) is 3. The van der Waals surface area contributed by atoms with E-state index in [9.17, 15) is 5.21 Å². The van der Waals surface area contributed by atoms with Crippen molar-refractivity contribution in [2.24, 2.45) is 0 Å². The molecule has 2 heterocycles. The molecule has 0 aliphatic carbocycles. The van der Waals surface area contributed by atoms with Gasteiger partial charge in [-0.25, -0.2) is 4.98 Å². The molecule has 0 aliphatic heterocycles. The lowest BCUT2D eigenvalue weighted by Gasteiger charge is -2.01. The molecule has 0 aliphatic rings. The highest BCUT2D eigenvalue weighted by atomic mass is 35.5. The number of para-hydroxylation sites is 1. The number of nitrogens with zero attached hydrogens (tertiary/aromatic N) is 3. The SMILES string of the molecule is On1c(CCCCl)nc2cnc3ccccc3c21. The molecule has 4 nitrogen and oxygen atoms in total. The van der Waals surface area contributed by atoms with E-state index < -0.39 is 0 Å². The lowest BCUT2D eigenvalue weighted by molar-refractivity contribution is 0.188. The third-order valence-corrected chi connectivity index (χ3v) is 3.23. The first-order chi connectivity index (χ1) is 8.81. The summed E-state index contributed by atoms with van der Waals surface area (Å²) in [5.74, 6) is 1.19. The van der Waals surface area contributed by atoms with Crippen LogP contribution in [0.3, 0.4) is 0 Å². The molecule has 3 aromatic rings. The van der Waals surface area contributed by atoms with Crippen molar-refractivity contribution >= 4 is 33.5 Å². The number of aryl methyl sites for hydroxylation is 1. The number of aromatic nitrogens is 3. The number of halogens is 1. The van der Waals surface area contributed by atoms with Crippen molar-refractivity contribution in [3.8, 4) is 0 Å². The van der Waals surface area contributed by atoms with Gasteiger partial charge in [-0.2, -0.15) is 4.73 Å². The Kier molecular flexibility index (Phi) is 2.80. The van der Waals surface area contributed by atoms with Crippen LogP contribution in [0, 0.1) is 0 Å². The monoisotopic (exact) mass is 261 g/mol. The zero-order valence-electron chi connectivity index (χ0n) is 9.67. The van der Waals surface area contributed by atoms with Gasteiger partial charge in [-0.15, -0.1) is 11.6 Å². The summed E-state index contributed by atoms with van der Waals surface area (Å²) in [5, 5.41) is 11.1. The molecule has 0 saturated heterocycles. The molecule has 5 heteroatoms. The molecule has 0 saturated carbocycles. The van der Waals surface area contributed by atoms with Crippen molar-refractivity contribution in [3.05, 3.63) is 36.3 Å². The van der Waals surface area contributed by atoms with Crippen LogP contribution in [0.4, 0.5) is 0 Å². The first-order valence-corrected chi connectivity index (χ1v) is 6.35. The van der Waals surface area contributed by atoms with Gasteiger partial charge in [0.1, 0.15) is 16.9 Å². The van der Waals surface area contributed by atoms with Crippen molar-refractivity contribution in [1.29, 1.82) is 0 Å². The molecule has 2 aromatic heterocycles. The first-order valence-electron chi connectivity index (χ1n) is 5.81. The Bertz CT molecular complexity index is 708. The van der Waals surface area contributed by atoms with Gasteiger partial charge in [0, 0.05) is 17.7 Å². The average Bonchev–Trinajstić information content (AvgIpc) is 2.73. The highest BCUT2D eigenvalue weighted by Crippen LogP contribution is 2.23. The van der Waals surface area contributed by atoms with Crippen LogP contribution in [0.25, 0.3) is 21.9 Å². The minimum absolute atomic E-state index is 0.558. The zero-order chi connectivity index (χ0) is 12.5. The van der Waals surface area contributed by atoms with E-state index in [0.717, 1.165) is 22.1 Å². The van der Waals surface area contributed by atoms with Gasteiger partial charge in [0.25, 0.3) is 0 Å². The molecule has 0 unspecified atom stereocenters. The predicted molar refractivity (Wildman–Crippen MR) is 71.3 cm³/mol. The van der Waals surface area contributed by atoms with E-state index >= 15 is 0 Å². The van der Waals surface area contributed by atoms with E-state index in [0.29, 0.717) is 29.2 Å². The predicted octanol–water partition coefficient (Wildman–Crippen LogP) is 2.99. The summed E-state index contributed by atoms with van der Waals surface area (Å²) >= 11 is 5.67. The molecule has 0 bridgehead atoms. The zero-order valence-corrected chi connectivity index (χ0v) is 10.4. The van der Waals surface area contributed by atoms with E-state index in [4.69, 9.17) is 11.6 Å². The molecule has 1 N–H and O–H groups in total. The van der Waals surface area contributed by atoms with Gasteiger partial charge in [0.2, 0.25) is 0 Å².